The van der Waals surface area contributed by atoms with E-state index in [0.29, 0.717) is 12.2 Å². The molecule has 0 heterocycles. The van der Waals surface area contributed by atoms with Crippen LogP contribution in [0.1, 0.15) is 51.0 Å². The summed E-state index contributed by atoms with van der Waals surface area (Å²) in [7, 11) is 1.34. The summed E-state index contributed by atoms with van der Waals surface area (Å²) < 4.78 is 15.0. The molecule has 0 spiro atoms. The second kappa shape index (κ2) is 11.8. The van der Waals surface area contributed by atoms with Crippen molar-refractivity contribution < 1.29 is 28.7 Å². The molecule has 0 saturated carbocycles. The van der Waals surface area contributed by atoms with Crippen molar-refractivity contribution in [2.75, 3.05) is 13.7 Å². The van der Waals surface area contributed by atoms with E-state index in [9.17, 15) is 19.7 Å². The number of ether oxygens (including phenoxy) is 3. The van der Waals surface area contributed by atoms with E-state index < -0.39 is 16.9 Å². The number of carbonyl (C=O) groups excluding carboxylic acids is 2. The number of nitro groups is 1. The van der Waals surface area contributed by atoms with Crippen LogP contribution in [0.4, 0.5) is 5.69 Å². The van der Waals surface area contributed by atoms with Crippen LogP contribution in [0.15, 0.2) is 18.2 Å². The van der Waals surface area contributed by atoms with E-state index in [1.165, 1.54) is 19.2 Å². The maximum Gasteiger partial charge on any atom is 0.311 e. The van der Waals surface area contributed by atoms with Gasteiger partial charge < -0.3 is 14.2 Å². The quantitative estimate of drug-likeness (QED) is 0.241. The standard InChI is InChI=1S/C18H25NO7/c1-3-4-5-6-11-25-17(20)9-10-18(21)26-13-14-7-8-16(24-2)15(12-14)19(22)23/h7-8,12H,3-6,9-11,13H2,1-2H3. The van der Waals surface area contributed by atoms with Crippen molar-refractivity contribution in [2.45, 2.75) is 52.1 Å². The number of hydrogen-bond acceptors (Lipinski definition) is 7. The largest absolute Gasteiger partial charge is 0.490 e. The van der Waals surface area contributed by atoms with Gasteiger partial charge in [0.05, 0.1) is 31.5 Å². The Hall–Kier alpha value is -2.64. The van der Waals surface area contributed by atoms with Gasteiger partial charge >= 0.3 is 17.6 Å². The predicted octanol–water partition coefficient (Wildman–Crippen LogP) is 3.55. The van der Waals surface area contributed by atoms with Gasteiger partial charge in [0.15, 0.2) is 5.75 Å². The zero-order valence-corrected chi connectivity index (χ0v) is 15.2. The molecule has 0 fully saturated rings. The van der Waals surface area contributed by atoms with E-state index in [1.54, 1.807) is 6.07 Å². The van der Waals surface area contributed by atoms with Crippen LogP contribution in [0.25, 0.3) is 0 Å². The Balaban J connectivity index is 2.33. The molecule has 0 aromatic heterocycles. The maximum atomic E-state index is 11.7. The molecule has 8 heteroatoms. The number of nitro benzene ring substituents is 1. The van der Waals surface area contributed by atoms with Gasteiger partial charge in [-0.3, -0.25) is 19.7 Å². The molecule has 1 aromatic rings. The summed E-state index contributed by atoms with van der Waals surface area (Å²) in [6, 6.07) is 4.30. The van der Waals surface area contributed by atoms with Crippen LogP contribution < -0.4 is 4.74 Å². The fourth-order valence-electron chi connectivity index (χ4n) is 2.20. The molecule has 1 rings (SSSR count). The number of esters is 2. The molecule has 0 radical (unpaired) electrons. The van der Waals surface area contributed by atoms with Gasteiger partial charge in [0.2, 0.25) is 0 Å². The highest BCUT2D eigenvalue weighted by atomic mass is 16.6. The van der Waals surface area contributed by atoms with Crippen LogP contribution in [-0.4, -0.2) is 30.6 Å². The topological polar surface area (TPSA) is 105 Å². The van der Waals surface area contributed by atoms with E-state index in [1.807, 2.05) is 0 Å². The van der Waals surface area contributed by atoms with Gasteiger partial charge in [-0.1, -0.05) is 32.3 Å². The first-order chi connectivity index (χ1) is 12.5. The lowest BCUT2D eigenvalue weighted by atomic mass is 10.2. The van der Waals surface area contributed by atoms with Crippen molar-refractivity contribution in [3.63, 3.8) is 0 Å². The molecule has 0 aliphatic carbocycles. The van der Waals surface area contributed by atoms with Crippen LogP contribution in [0.5, 0.6) is 5.75 Å². The SMILES string of the molecule is CCCCCCOC(=O)CCC(=O)OCc1ccc(OC)c([N+](=O)[O-])c1. The molecule has 0 bridgehead atoms. The third-order valence-electron chi connectivity index (χ3n) is 3.63. The predicted molar refractivity (Wildman–Crippen MR) is 93.8 cm³/mol. The number of rotatable bonds is 12. The molecule has 26 heavy (non-hydrogen) atoms. The lowest BCUT2D eigenvalue weighted by molar-refractivity contribution is -0.385. The van der Waals surface area contributed by atoms with Crippen LogP contribution >= 0.6 is 0 Å². The van der Waals surface area contributed by atoms with Crippen LogP contribution in [0.2, 0.25) is 0 Å². The molecule has 1 aromatic carbocycles. The normalized spacial score (nSPS) is 10.2. The zero-order chi connectivity index (χ0) is 19.4. The van der Waals surface area contributed by atoms with Gasteiger partial charge in [0.25, 0.3) is 0 Å². The first kappa shape index (κ1) is 21.4. The van der Waals surface area contributed by atoms with Crippen LogP contribution in [0, 0.1) is 10.1 Å². The Morgan fingerprint density at radius 2 is 1.77 bits per heavy atom. The van der Waals surface area contributed by atoms with Crippen molar-refractivity contribution >= 4 is 17.6 Å². The molecule has 0 unspecified atom stereocenters. The molecule has 0 aliphatic rings. The summed E-state index contributed by atoms with van der Waals surface area (Å²) in [6.45, 7) is 2.35. The van der Waals surface area contributed by atoms with Crippen molar-refractivity contribution in [1.29, 1.82) is 0 Å². The van der Waals surface area contributed by atoms with Crippen molar-refractivity contribution in [1.82, 2.24) is 0 Å². The second-order valence-corrected chi connectivity index (χ2v) is 5.71. The minimum absolute atomic E-state index is 0.0463. The molecular weight excluding hydrogens is 342 g/mol. The summed E-state index contributed by atoms with van der Waals surface area (Å²) in [5, 5.41) is 11.0. The Morgan fingerprint density at radius 3 is 2.38 bits per heavy atom. The highest BCUT2D eigenvalue weighted by Gasteiger charge is 2.16. The number of nitrogens with zero attached hydrogens (tertiary/aromatic N) is 1. The second-order valence-electron chi connectivity index (χ2n) is 5.71. The summed E-state index contributed by atoms with van der Waals surface area (Å²) in [6.07, 6.45) is 3.91. The first-order valence-electron chi connectivity index (χ1n) is 8.60. The van der Waals surface area contributed by atoms with Gasteiger partial charge in [-0.05, 0) is 18.1 Å². The third-order valence-corrected chi connectivity index (χ3v) is 3.63. The van der Waals surface area contributed by atoms with E-state index >= 15 is 0 Å². The molecule has 0 amide bonds. The fraction of sp³-hybridized carbons (Fsp3) is 0.556. The molecule has 144 valence electrons. The van der Waals surface area contributed by atoms with E-state index in [-0.39, 0.29) is 30.9 Å². The average molecular weight is 367 g/mol. The summed E-state index contributed by atoms with van der Waals surface area (Å²) in [4.78, 5) is 33.6. The number of hydrogen-bond donors (Lipinski definition) is 0. The first-order valence-corrected chi connectivity index (χ1v) is 8.60. The van der Waals surface area contributed by atoms with Gasteiger partial charge in [0.1, 0.15) is 6.61 Å². The Labute approximate surface area is 152 Å². The molecule has 0 atom stereocenters. The van der Waals surface area contributed by atoms with E-state index in [0.717, 1.165) is 25.7 Å². The zero-order valence-electron chi connectivity index (χ0n) is 15.2. The van der Waals surface area contributed by atoms with Crippen molar-refractivity contribution in [2.24, 2.45) is 0 Å². The molecule has 0 saturated heterocycles. The van der Waals surface area contributed by atoms with E-state index in [2.05, 4.69) is 6.92 Å². The monoisotopic (exact) mass is 367 g/mol. The molecular formula is C18H25NO7. The number of methoxy groups -OCH3 is 1. The third kappa shape index (κ3) is 7.96. The molecule has 0 N–H and O–H groups in total. The Bertz CT molecular complexity index is 616. The van der Waals surface area contributed by atoms with E-state index in [4.69, 9.17) is 14.2 Å². The average Bonchev–Trinajstić information content (AvgIpc) is 2.64. The Morgan fingerprint density at radius 1 is 1.08 bits per heavy atom. The van der Waals surface area contributed by atoms with Crippen molar-refractivity contribution in [3.05, 3.63) is 33.9 Å². The van der Waals surface area contributed by atoms with Gasteiger partial charge in [-0.2, -0.15) is 0 Å². The fourth-order valence-corrected chi connectivity index (χ4v) is 2.20. The van der Waals surface area contributed by atoms with Crippen LogP contribution in [-0.2, 0) is 25.7 Å². The lowest BCUT2D eigenvalue weighted by Gasteiger charge is -2.07. The summed E-state index contributed by atoms with van der Waals surface area (Å²) in [5.41, 5.74) is 0.261. The lowest BCUT2D eigenvalue weighted by Crippen LogP contribution is -2.11. The van der Waals surface area contributed by atoms with Crippen molar-refractivity contribution in [3.8, 4) is 5.75 Å². The van der Waals surface area contributed by atoms with Gasteiger partial charge in [0, 0.05) is 6.07 Å². The minimum Gasteiger partial charge on any atom is -0.490 e. The summed E-state index contributed by atoms with van der Waals surface area (Å²) >= 11 is 0. The minimum atomic E-state index is -0.569. The molecule has 0 aliphatic heterocycles. The van der Waals surface area contributed by atoms with Crippen LogP contribution in [0.3, 0.4) is 0 Å². The highest BCUT2D eigenvalue weighted by molar-refractivity contribution is 5.77. The number of unbranched alkanes of at least 4 members (excludes halogenated alkanes) is 3. The van der Waals surface area contributed by atoms with Gasteiger partial charge in [-0.25, -0.2) is 0 Å². The maximum absolute atomic E-state index is 11.7. The number of benzene rings is 1. The van der Waals surface area contributed by atoms with Gasteiger partial charge in [-0.15, -0.1) is 0 Å². The summed E-state index contributed by atoms with van der Waals surface area (Å²) in [5.74, 6) is -0.864. The molecule has 8 nitrogen and oxygen atoms in total. The highest BCUT2D eigenvalue weighted by Crippen LogP contribution is 2.27. The smallest absolute Gasteiger partial charge is 0.311 e. The Kier molecular flexibility index (Phi) is 9.74. The number of carbonyl (C=O) groups is 2.